The van der Waals surface area contributed by atoms with Crippen molar-refractivity contribution in [2.45, 2.75) is 13.0 Å². The number of pyridine rings is 1. The highest BCUT2D eigenvalue weighted by molar-refractivity contribution is 5.74. The lowest BCUT2D eigenvalue weighted by atomic mass is 10.2. The number of hydrogen-bond acceptors (Lipinski definition) is 2. The van der Waals surface area contributed by atoms with Crippen molar-refractivity contribution in [2.24, 2.45) is 0 Å². The molecule has 0 amide bonds. The van der Waals surface area contributed by atoms with Crippen LogP contribution in [0.3, 0.4) is 0 Å². The monoisotopic (exact) mass is 175 g/mol. The molecule has 0 unspecified atom stereocenters. The molecule has 0 aliphatic heterocycles. The molecule has 2 rings (SSSR count). The predicted octanol–water partition coefficient (Wildman–Crippen LogP) is 1.84. The molecule has 0 radical (unpaired) electrons. The molecule has 0 aliphatic carbocycles. The molecule has 1 atom stereocenters. The van der Waals surface area contributed by atoms with Crippen LogP contribution in [0, 0.1) is 0 Å². The second-order valence-electron chi connectivity index (χ2n) is 3.16. The summed E-state index contributed by atoms with van der Waals surface area (Å²) >= 11 is 0. The summed E-state index contributed by atoms with van der Waals surface area (Å²) < 4.78 is 0. The third-order valence-electron chi connectivity index (χ3n) is 2.30. The Morgan fingerprint density at radius 3 is 3.00 bits per heavy atom. The van der Waals surface area contributed by atoms with Gasteiger partial charge in [-0.2, -0.15) is 0 Å². The van der Waals surface area contributed by atoms with Gasteiger partial charge in [0.25, 0.3) is 0 Å². The van der Waals surface area contributed by atoms with Crippen molar-refractivity contribution in [3.63, 3.8) is 0 Å². The Hall–Kier alpha value is -1.35. The molecule has 0 saturated heterocycles. The van der Waals surface area contributed by atoms with Crippen LogP contribution in [0.15, 0.2) is 24.4 Å². The summed E-state index contributed by atoms with van der Waals surface area (Å²) in [7, 11) is 1.94. The molecule has 0 aliphatic rings. The summed E-state index contributed by atoms with van der Waals surface area (Å²) in [5, 5.41) is 3.17. The Labute approximate surface area is 77.2 Å². The number of hydrogen-bond donors (Lipinski definition) is 2. The van der Waals surface area contributed by atoms with E-state index in [1.54, 1.807) is 0 Å². The van der Waals surface area contributed by atoms with Gasteiger partial charge in [0.05, 0.1) is 16.7 Å². The summed E-state index contributed by atoms with van der Waals surface area (Å²) in [6.45, 7) is 2.10. The van der Waals surface area contributed by atoms with Crippen LogP contribution in [-0.2, 0) is 0 Å². The number of fused-ring (bicyclic) bond motifs is 1. The van der Waals surface area contributed by atoms with Crippen molar-refractivity contribution in [1.82, 2.24) is 15.3 Å². The van der Waals surface area contributed by atoms with Crippen LogP contribution in [0.1, 0.15) is 18.7 Å². The summed E-state index contributed by atoms with van der Waals surface area (Å²) in [5.41, 5.74) is 3.20. The van der Waals surface area contributed by atoms with Gasteiger partial charge in [-0.15, -0.1) is 0 Å². The molecule has 13 heavy (non-hydrogen) atoms. The average molecular weight is 175 g/mol. The molecule has 0 bridgehead atoms. The fraction of sp³-hybridized carbons (Fsp3) is 0.300. The van der Waals surface area contributed by atoms with E-state index in [4.69, 9.17) is 0 Å². The zero-order valence-corrected chi connectivity index (χ0v) is 7.83. The van der Waals surface area contributed by atoms with Gasteiger partial charge in [-0.05, 0) is 32.2 Å². The maximum Gasteiger partial charge on any atom is 0.0882 e. The predicted molar refractivity (Wildman–Crippen MR) is 53.6 cm³/mol. The molecule has 3 nitrogen and oxygen atoms in total. The van der Waals surface area contributed by atoms with Crippen molar-refractivity contribution in [3.8, 4) is 0 Å². The van der Waals surface area contributed by atoms with Gasteiger partial charge in [0.15, 0.2) is 0 Å². The standard InChI is InChI=1S/C10H13N3/c1-7(11-2)8-3-4-9-10(13-8)5-6-12-9/h3-7,11-12H,1-2H3/t7-/m0/s1. The maximum atomic E-state index is 4.51. The minimum absolute atomic E-state index is 0.305. The maximum absolute atomic E-state index is 4.51. The van der Waals surface area contributed by atoms with E-state index in [1.807, 2.05) is 25.4 Å². The van der Waals surface area contributed by atoms with E-state index in [0.29, 0.717) is 6.04 Å². The van der Waals surface area contributed by atoms with Gasteiger partial charge in [-0.3, -0.25) is 0 Å². The molecule has 0 spiro atoms. The van der Waals surface area contributed by atoms with E-state index < -0.39 is 0 Å². The summed E-state index contributed by atoms with van der Waals surface area (Å²) in [6, 6.07) is 6.39. The lowest BCUT2D eigenvalue weighted by Crippen LogP contribution is -2.13. The largest absolute Gasteiger partial charge is 0.360 e. The van der Waals surface area contributed by atoms with E-state index in [1.165, 1.54) is 0 Å². The average Bonchev–Trinajstić information content (AvgIpc) is 2.63. The van der Waals surface area contributed by atoms with Crippen LogP contribution < -0.4 is 5.32 Å². The fourth-order valence-electron chi connectivity index (χ4n) is 1.34. The van der Waals surface area contributed by atoms with Crippen molar-refractivity contribution < 1.29 is 0 Å². The van der Waals surface area contributed by atoms with Crippen LogP contribution in [0.4, 0.5) is 0 Å². The Balaban J connectivity index is 2.48. The van der Waals surface area contributed by atoms with E-state index in [-0.39, 0.29) is 0 Å². The first-order valence-electron chi connectivity index (χ1n) is 4.42. The second-order valence-corrected chi connectivity index (χ2v) is 3.16. The van der Waals surface area contributed by atoms with Crippen LogP contribution in [0.5, 0.6) is 0 Å². The highest BCUT2D eigenvalue weighted by Crippen LogP contribution is 2.14. The fourth-order valence-corrected chi connectivity index (χ4v) is 1.34. The molecule has 68 valence electrons. The van der Waals surface area contributed by atoms with E-state index in [0.717, 1.165) is 16.7 Å². The first kappa shape index (κ1) is 8.26. The van der Waals surface area contributed by atoms with Gasteiger partial charge in [-0.1, -0.05) is 0 Å². The molecule has 2 N–H and O–H groups in total. The molecular formula is C10H13N3. The Kier molecular flexibility index (Phi) is 2.02. The van der Waals surface area contributed by atoms with Crippen molar-refractivity contribution >= 4 is 11.0 Å². The number of rotatable bonds is 2. The van der Waals surface area contributed by atoms with E-state index >= 15 is 0 Å². The van der Waals surface area contributed by atoms with E-state index in [2.05, 4.69) is 28.3 Å². The summed E-state index contributed by atoms with van der Waals surface area (Å²) in [6.07, 6.45) is 1.91. The lowest BCUT2D eigenvalue weighted by Gasteiger charge is -2.08. The Morgan fingerprint density at radius 2 is 2.23 bits per heavy atom. The first-order chi connectivity index (χ1) is 6.31. The van der Waals surface area contributed by atoms with Gasteiger partial charge in [0.2, 0.25) is 0 Å². The topological polar surface area (TPSA) is 40.7 Å². The third-order valence-corrected chi connectivity index (χ3v) is 2.30. The first-order valence-corrected chi connectivity index (χ1v) is 4.42. The number of aromatic amines is 1. The van der Waals surface area contributed by atoms with Gasteiger partial charge in [0.1, 0.15) is 0 Å². The normalized spacial score (nSPS) is 13.4. The Bertz CT molecular complexity index is 405. The third kappa shape index (κ3) is 1.42. The van der Waals surface area contributed by atoms with Gasteiger partial charge in [0, 0.05) is 12.2 Å². The van der Waals surface area contributed by atoms with Gasteiger partial charge in [-0.25, -0.2) is 4.98 Å². The number of nitrogens with zero attached hydrogens (tertiary/aromatic N) is 1. The zero-order valence-electron chi connectivity index (χ0n) is 7.83. The van der Waals surface area contributed by atoms with Crippen LogP contribution in [0.25, 0.3) is 11.0 Å². The molecule has 0 fully saturated rings. The summed E-state index contributed by atoms with van der Waals surface area (Å²) in [5.74, 6) is 0. The van der Waals surface area contributed by atoms with Gasteiger partial charge >= 0.3 is 0 Å². The molecule has 2 heterocycles. The number of H-pyrrole nitrogens is 1. The highest BCUT2D eigenvalue weighted by Gasteiger charge is 2.04. The van der Waals surface area contributed by atoms with Crippen LogP contribution in [0.2, 0.25) is 0 Å². The molecule has 2 aromatic heterocycles. The zero-order chi connectivity index (χ0) is 9.26. The lowest BCUT2D eigenvalue weighted by molar-refractivity contribution is 0.635. The molecular weight excluding hydrogens is 162 g/mol. The van der Waals surface area contributed by atoms with Crippen LogP contribution in [-0.4, -0.2) is 17.0 Å². The van der Waals surface area contributed by atoms with Crippen LogP contribution >= 0.6 is 0 Å². The summed E-state index contributed by atoms with van der Waals surface area (Å²) in [4.78, 5) is 7.63. The van der Waals surface area contributed by atoms with Gasteiger partial charge < -0.3 is 10.3 Å². The smallest absolute Gasteiger partial charge is 0.0882 e. The highest BCUT2D eigenvalue weighted by atomic mass is 14.9. The van der Waals surface area contributed by atoms with Crippen molar-refractivity contribution in [1.29, 1.82) is 0 Å². The SMILES string of the molecule is CN[C@@H](C)c1ccc2[nH]ccc2n1. The Morgan fingerprint density at radius 1 is 1.38 bits per heavy atom. The number of nitrogens with one attached hydrogen (secondary N) is 2. The molecule has 0 saturated carbocycles. The minimum atomic E-state index is 0.305. The van der Waals surface area contributed by atoms with Crippen molar-refractivity contribution in [3.05, 3.63) is 30.1 Å². The molecule has 2 aromatic rings. The minimum Gasteiger partial charge on any atom is -0.360 e. The van der Waals surface area contributed by atoms with E-state index in [9.17, 15) is 0 Å². The van der Waals surface area contributed by atoms with Crippen molar-refractivity contribution in [2.75, 3.05) is 7.05 Å². The number of aromatic nitrogens is 2. The molecule has 3 heteroatoms. The second kappa shape index (κ2) is 3.18. The quantitative estimate of drug-likeness (QED) is 0.731. The molecule has 0 aromatic carbocycles.